The first-order valence-corrected chi connectivity index (χ1v) is 9.48. The second-order valence-electron chi connectivity index (χ2n) is 6.99. The fourth-order valence-electron chi connectivity index (χ4n) is 3.31. The number of likely N-dealkylation sites (N-methyl/N-ethyl adjacent to an activating group) is 1. The maximum Gasteiger partial charge on any atom is 0.270 e. The molecular formula is C19H23N3OS. The number of thiazole rings is 1. The van der Waals surface area contributed by atoms with Crippen LogP contribution >= 0.6 is 11.3 Å². The van der Waals surface area contributed by atoms with Crippen molar-refractivity contribution in [2.45, 2.75) is 32.7 Å². The van der Waals surface area contributed by atoms with Crippen LogP contribution in [-0.4, -0.2) is 35.9 Å². The number of carbonyl (C=O) groups excluding carboxylic acids is 1. The molecule has 0 unspecified atom stereocenters. The number of hydrogen-bond donors (Lipinski definition) is 0. The number of aryl methyl sites for hydroxylation is 1. The van der Waals surface area contributed by atoms with E-state index in [1.54, 1.807) is 11.3 Å². The van der Waals surface area contributed by atoms with E-state index in [1.807, 2.05) is 24.0 Å². The quantitative estimate of drug-likeness (QED) is 0.857. The second-order valence-corrected chi connectivity index (χ2v) is 8.08. The summed E-state index contributed by atoms with van der Waals surface area (Å²) < 4.78 is 0. The summed E-state index contributed by atoms with van der Waals surface area (Å²) in [5.41, 5.74) is 3.14. The summed E-state index contributed by atoms with van der Waals surface area (Å²) >= 11 is 1.60. The molecule has 5 heteroatoms. The number of carbonyl (C=O) groups is 1. The van der Waals surface area contributed by atoms with Crippen LogP contribution in [0.2, 0.25) is 0 Å². The second kappa shape index (κ2) is 6.30. The van der Waals surface area contributed by atoms with Gasteiger partial charge in [0.1, 0.15) is 4.88 Å². The van der Waals surface area contributed by atoms with E-state index in [2.05, 4.69) is 29.1 Å². The number of anilines is 1. The van der Waals surface area contributed by atoms with Gasteiger partial charge in [-0.05, 0) is 44.4 Å². The average Bonchev–Trinajstić information content (AvgIpc) is 3.31. The summed E-state index contributed by atoms with van der Waals surface area (Å²) in [5.74, 6) is 0.904. The molecule has 126 valence electrons. The first-order valence-electron chi connectivity index (χ1n) is 8.66. The topological polar surface area (TPSA) is 36.4 Å². The Morgan fingerprint density at radius 1 is 1.29 bits per heavy atom. The van der Waals surface area contributed by atoms with E-state index in [0.29, 0.717) is 0 Å². The Balaban J connectivity index is 1.65. The highest BCUT2D eigenvalue weighted by molar-refractivity contribution is 7.14. The van der Waals surface area contributed by atoms with Crippen molar-refractivity contribution in [3.63, 3.8) is 0 Å². The zero-order chi connectivity index (χ0) is 16.7. The number of nitrogens with zero attached hydrogens (tertiary/aromatic N) is 3. The Labute approximate surface area is 147 Å². The summed E-state index contributed by atoms with van der Waals surface area (Å²) in [6, 6.07) is 8.25. The molecular weight excluding hydrogens is 318 g/mol. The predicted octanol–water partition coefficient (Wildman–Crippen LogP) is 3.50. The van der Waals surface area contributed by atoms with Crippen molar-refractivity contribution in [1.82, 2.24) is 9.88 Å². The van der Waals surface area contributed by atoms with Crippen LogP contribution in [0.25, 0.3) is 0 Å². The lowest BCUT2D eigenvalue weighted by molar-refractivity contribution is 0.0989. The van der Waals surface area contributed by atoms with Crippen LogP contribution in [0.3, 0.4) is 0 Å². The summed E-state index contributed by atoms with van der Waals surface area (Å²) in [4.78, 5) is 22.9. The zero-order valence-electron chi connectivity index (χ0n) is 14.3. The molecule has 0 atom stereocenters. The van der Waals surface area contributed by atoms with E-state index < -0.39 is 0 Å². The molecule has 1 aliphatic carbocycles. The number of rotatable bonds is 3. The highest BCUT2D eigenvalue weighted by Crippen LogP contribution is 2.35. The minimum atomic E-state index is 0.106. The maximum atomic E-state index is 13.2. The summed E-state index contributed by atoms with van der Waals surface area (Å²) in [6.45, 7) is 4.46. The summed E-state index contributed by atoms with van der Waals surface area (Å²) in [6.07, 6.45) is 3.67. The number of fused-ring (bicyclic) bond motifs is 1. The highest BCUT2D eigenvalue weighted by Gasteiger charge is 2.28. The lowest BCUT2D eigenvalue weighted by Crippen LogP contribution is -2.35. The van der Waals surface area contributed by atoms with Crippen molar-refractivity contribution < 1.29 is 4.79 Å². The average molecular weight is 341 g/mol. The fourth-order valence-corrected chi connectivity index (χ4v) is 4.44. The Hall–Kier alpha value is -1.72. The molecule has 4 nitrogen and oxygen atoms in total. The monoisotopic (exact) mass is 341 g/mol. The molecule has 4 rings (SSSR count). The number of benzene rings is 1. The van der Waals surface area contributed by atoms with E-state index in [-0.39, 0.29) is 5.91 Å². The number of amides is 1. The Kier molecular flexibility index (Phi) is 4.14. The van der Waals surface area contributed by atoms with Gasteiger partial charge in [-0.2, -0.15) is 0 Å². The molecule has 0 radical (unpaired) electrons. The van der Waals surface area contributed by atoms with Crippen LogP contribution in [0.4, 0.5) is 5.69 Å². The summed E-state index contributed by atoms with van der Waals surface area (Å²) in [5, 5.41) is 1.12. The van der Waals surface area contributed by atoms with E-state index >= 15 is 0 Å². The largest absolute Gasteiger partial charge is 0.306 e. The fraction of sp³-hybridized carbons (Fsp3) is 0.474. The van der Waals surface area contributed by atoms with Gasteiger partial charge in [0.2, 0.25) is 0 Å². The molecule has 0 saturated heterocycles. The molecule has 1 fully saturated rings. The molecule has 1 aliphatic heterocycles. The van der Waals surface area contributed by atoms with Gasteiger partial charge in [0.15, 0.2) is 0 Å². The van der Waals surface area contributed by atoms with Crippen molar-refractivity contribution in [2.24, 2.45) is 5.92 Å². The van der Waals surface area contributed by atoms with Gasteiger partial charge in [-0.25, -0.2) is 4.98 Å². The van der Waals surface area contributed by atoms with E-state index in [0.717, 1.165) is 53.2 Å². The molecule has 24 heavy (non-hydrogen) atoms. The van der Waals surface area contributed by atoms with Crippen LogP contribution in [0.1, 0.15) is 38.8 Å². The van der Waals surface area contributed by atoms with Gasteiger partial charge in [-0.1, -0.05) is 18.2 Å². The van der Waals surface area contributed by atoms with Crippen LogP contribution in [0.15, 0.2) is 24.3 Å². The van der Waals surface area contributed by atoms with Crippen LogP contribution in [0.5, 0.6) is 0 Å². The molecule has 1 aromatic carbocycles. The molecule has 2 aromatic rings. The molecule has 0 N–H and O–H groups in total. The van der Waals surface area contributed by atoms with Crippen molar-refractivity contribution >= 4 is 22.9 Å². The molecule has 0 bridgehead atoms. The minimum Gasteiger partial charge on any atom is -0.306 e. The lowest BCUT2D eigenvalue weighted by atomic mass is 10.1. The third-order valence-electron chi connectivity index (χ3n) is 4.87. The standard InChI is InChI=1S/C19H23N3OS/c1-13-18(24-17(20-13)11-14-7-8-14)19(23)22-10-9-21(2)12-15-5-3-4-6-16(15)22/h3-6,14H,7-12H2,1-2H3. The zero-order valence-corrected chi connectivity index (χ0v) is 15.1. The summed E-state index contributed by atoms with van der Waals surface area (Å²) in [7, 11) is 2.11. The number of aromatic nitrogens is 1. The molecule has 0 spiro atoms. The maximum absolute atomic E-state index is 13.2. The van der Waals surface area contributed by atoms with Gasteiger partial charge < -0.3 is 9.80 Å². The van der Waals surface area contributed by atoms with Crippen molar-refractivity contribution in [2.75, 3.05) is 25.0 Å². The van der Waals surface area contributed by atoms with Gasteiger partial charge in [0.05, 0.1) is 10.7 Å². The predicted molar refractivity (Wildman–Crippen MR) is 97.7 cm³/mol. The molecule has 2 aliphatic rings. The van der Waals surface area contributed by atoms with E-state index in [4.69, 9.17) is 0 Å². The van der Waals surface area contributed by atoms with Gasteiger partial charge >= 0.3 is 0 Å². The Bertz CT molecular complexity index is 766. The molecule has 1 aromatic heterocycles. The van der Waals surface area contributed by atoms with Gasteiger partial charge in [-0.3, -0.25) is 4.79 Å². The van der Waals surface area contributed by atoms with Crippen LogP contribution < -0.4 is 4.90 Å². The van der Waals surface area contributed by atoms with Crippen molar-refractivity contribution in [3.8, 4) is 0 Å². The highest BCUT2D eigenvalue weighted by atomic mass is 32.1. The smallest absolute Gasteiger partial charge is 0.270 e. The van der Waals surface area contributed by atoms with Gasteiger partial charge in [-0.15, -0.1) is 11.3 Å². The minimum absolute atomic E-state index is 0.106. The van der Waals surface area contributed by atoms with Crippen LogP contribution in [0, 0.1) is 12.8 Å². The van der Waals surface area contributed by atoms with Gasteiger partial charge in [0.25, 0.3) is 5.91 Å². The van der Waals surface area contributed by atoms with Crippen molar-refractivity contribution in [1.29, 1.82) is 0 Å². The first-order chi connectivity index (χ1) is 11.6. The van der Waals surface area contributed by atoms with Crippen molar-refractivity contribution in [3.05, 3.63) is 45.4 Å². The number of para-hydroxylation sites is 1. The molecule has 1 amide bonds. The molecule has 2 heterocycles. The lowest BCUT2D eigenvalue weighted by Gasteiger charge is -2.22. The third kappa shape index (κ3) is 3.10. The first kappa shape index (κ1) is 15.8. The SMILES string of the molecule is Cc1nc(CC2CC2)sc1C(=O)N1CCN(C)Cc2ccccc21. The normalized spacial score (nSPS) is 18.3. The molecule has 1 saturated carbocycles. The van der Waals surface area contributed by atoms with Gasteiger partial charge in [0, 0.05) is 31.7 Å². The number of hydrogen-bond acceptors (Lipinski definition) is 4. The Morgan fingerprint density at radius 3 is 2.88 bits per heavy atom. The van der Waals surface area contributed by atoms with E-state index in [9.17, 15) is 4.79 Å². The van der Waals surface area contributed by atoms with Crippen LogP contribution in [-0.2, 0) is 13.0 Å². The van der Waals surface area contributed by atoms with E-state index in [1.165, 1.54) is 18.4 Å². The third-order valence-corrected chi connectivity index (χ3v) is 6.04. The Morgan fingerprint density at radius 2 is 2.08 bits per heavy atom.